The highest BCUT2D eigenvalue weighted by Gasteiger charge is 2.22. The summed E-state index contributed by atoms with van der Waals surface area (Å²) in [6.07, 6.45) is 3.47. The van der Waals surface area contributed by atoms with E-state index in [1.165, 1.54) is 0 Å². The van der Waals surface area contributed by atoms with Crippen molar-refractivity contribution in [1.29, 1.82) is 0 Å². The van der Waals surface area contributed by atoms with Crippen molar-refractivity contribution in [2.75, 3.05) is 37.7 Å². The molecule has 126 valence electrons. The molecule has 0 spiro atoms. The van der Waals surface area contributed by atoms with Crippen LogP contribution in [0.25, 0.3) is 0 Å². The number of benzene rings is 1. The van der Waals surface area contributed by atoms with Gasteiger partial charge in [0, 0.05) is 38.6 Å². The van der Waals surface area contributed by atoms with Crippen molar-refractivity contribution in [1.82, 2.24) is 14.9 Å². The van der Waals surface area contributed by atoms with Gasteiger partial charge < -0.3 is 14.5 Å². The molecule has 24 heavy (non-hydrogen) atoms. The van der Waals surface area contributed by atoms with Gasteiger partial charge in [-0.3, -0.25) is 4.79 Å². The molecule has 3 rings (SSSR count). The van der Waals surface area contributed by atoms with Gasteiger partial charge in [-0.15, -0.1) is 0 Å². The number of anilines is 1. The van der Waals surface area contributed by atoms with Gasteiger partial charge in [0.2, 0.25) is 5.95 Å². The van der Waals surface area contributed by atoms with Gasteiger partial charge in [-0.05, 0) is 31.0 Å². The van der Waals surface area contributed by atoms with Crippen LogP contribution in [0.4, 0.5) is 5.95 Å². The number of hydrogen-bond donors (Lipinski definition) is 0. The Morgan fingerprint density at radius 2 is 1.67 bits per heavy atom. The maximum atomic E-state index is 12.4. The maximum absolute atomic E-state index is 12.4. The van der Waals surface area contributed by atoms with Crippen molar-refractivity contribution in [3.05, 3.63) is 47.8 Å². The molecular formula is C18H22N4O2. The lowest BCUT2D eigenvalue weighted by Crippen LogP contribution is -2.50. The van der Waals surface area contributed by atoms with Crippen molar-refractivity contribution < 1.29 is 9.53 Å². The van der Waals surface area contributed by atoms with Gasteiger partial charge in [0.1, 0.15) is 5.75 Å². The van der Waals surface area contributed by atoms with Crippen LogP contribution in [-0.4, -0.2) is 53.6 Å². The zero-order valence-electron chi connectivity index (χ0n) is 14.1. The molecule has 1 fully saturated rings. The number of carbonyl (C=O) groups is 1. The van der Waals surface area contributed by atoms with Crippen LogP contribution in [0.5, 0.6) is 5.75 Å². The molecule has 1 saturated heterocycles. The minimum Gasteiger partial charge on any atom is -0.483 e. The average Bonchev–Trinajstić information content (AvgIpc) is 2.62. The summed E-state index contributed by atoms with van der Waals surface area (Å²) in [7, 11) is 0. The standard InChI is InChI=1S/C18H22N4O2/c1-14-5-3-6-15(2)17(14)24-13-16(23)21-9-11-22(12-10-21)18-19-7-4-8-20-18/h3-8H,9-13H2,1-2H3. The second-order valence-electron chi connectivity index (χ2n) is 5.93. The van der Waals surface area contributed by atoms with Crippen LogP contribution in [0.3, 0.4) is 0 Å². The number of ether oxygens (including phenoxy) is 1. The predicted molar refractivity (Wildman–Crippen MR) is 92.2 cm³/mol. The molecule has 1 aromatic heterocycles. The quantitative estimate of drug-likeness (QED) is 0.858. The number of para-hydroxylation sites is 1. The summed E-state index contributed by atoms with van der Waals surface area (Å²) in [5.74, 6) is 1.55. The SMILES string of the molecule is Cc1cccc(C)c1OCC(=O)N1CCN(c2ncccn2)CC1. The van der Waals surface area contributed by atoms with Crippen molar-refractivity contribution >= 4 is 11.9 Å². The third kappa shape index (κ3) is 3.64. The number of carbonyl (C=O) groups excluding carboxylic acids is 1. The average molecular weight is 326 g/mol. The van der Waals surface area contributed by atoms with Crippen molar-refractivity contribution in [2.24, 2.45) is 0 Å². The largest absolute Gasteiger partial charge is 0.483 e. The highest BCUT2D eigenvalue weighted by atomic mass is 16.5. The lowest BCUT2D eigenvalue weighted by Gasteiger charge is -2.34. The first kappa shape index (κ1) is 16.2. The van der Waals surface area contributed by atoms with Gasteiger partial charge >= 0.3 is 0 Å². The maximum Gasteiger partial charge on any atom is 0.260 e. The molecule has 0 N–H and O–H groups in total. The second-order valence-corrected chi connectivity index (χ2v) is 5.93. The molecule has 2 heterocycles. The van der Waals surface area contributed by atoms with Crippen molar-refractivity contribution in [3.8, 4) is 5.75 Å². The third-order valence-electron chi connectivity index (χ3n) is 4.22. The molecule has 0 saturated carbocycles. The van der Waals surface area contributed by atoms with Crippen LogP contribution in [0.15, 0.2) is 36.7 Å². The Bertz CT molecular complexity index is 677. The lowest BCUT2D eigenvalue weighted by atomic mass is 10.1. The Hall–Kier alpha value is -2.63. The van der Waals surface area contributed by atoms with Crippen molar-refractivity contribution in [2.45, 2.75) is 13.8 Å². The Labute approximate surface area is 142 Å². The summed E-state index contributed by atoms with van der Waals surface area (Å²) in [5, 5.41) is 0. The van der Waals surface area contributed by atoms with Gasteiger partial charge in [-0.25, -0.2) is 9.97 Å². The molecule has 0 atom stereocenters. The summed E-state index contributed by atoms with van der Waals surface area (Å²) in [5.41, 5.74) is 2.10. The highest BCUT2D eigenvalue weighted by molar-refractivity contribution is 5.78. The van der Waals surface area contributed by atoms with Gasteiger partial charge in [0.15, 0.2) is 6.61 Å². The van der Waals surface area contributed by atoms with E-state index in [-0.39, 0.29) is 12.5 Å². The first-order valence-corrected chi connectivity index (χ1v) is 8.14. The number of piperazine rings is 1. The number of rotatable bonds is 4. The van der Waals surface area contributed by atoms with E-state index in [4.69, 9.17) is 4.74 Å². The smallest absolute Gasteiger partial charge is 0.260 e. The number of aromatic nitrogens is 2. The second kappa shape index (κ2) is 7.29. The first-order chi connectivity index (χ1) is 11.6. The molecular weight excluding hydrogens is 304 g/mol. The fraction of sp³-hybridized carbons (Fsp3) is 0.389. The van der Waals surface area contributed by atoms with Crippen molar-refractivity contribution in [3.63, 3.8) is 0 Å². The van der Waals surface area contributed by atoms with Crippen LogP contribution in [0.2, 0.25) is 0 Å². The van der Waals surface area contributed by atoms with Crippen LogP contribution in [0.1, 0.15) is 11.1 Å². The topological polar surface area (TPSA) is 58.6 Å². The van der Waals surface area contributed by atoms with Crippen LogP contribution in [0, 0.1) is 13.8 Å². The van der Waals surface area contributed by atoms with Gasteiger partial charge in [-0.2, -0.15) is 0 Å². The Kier molecular flexibility index (Phi) is 4.93. The summed E-state index contributed by atoms with van der Waals surface area (Å²) in [6, 6.07) is 7.77. The number of aryl methyl sites for hydroxylation is 2. The molecule has 1 aromatic carbocycles. The molecule has 2 aromatic rings. The monoisotopic (exact) mass is 326 g/mol. The van der Waals surface area contributed by atoms with Crippen LogP contribution >= 0.6 is 0 Å². The summed E-state index contributed by atoms with van der Waals surface area (Å²) < 4.78 is 5.76. The molecule has 1 amide bonds. The normalized spacial score (nSPS) is 14.6. The zero-order chi connectivity index (χ0) is 16.9. The van der Waals surface area contributed by atoms with E-state index in [1.807, 2.05) is 36.9 Å². The number of hydrogen-bond acceptors (Lipinski definition) is 5. The molecule has 6 nitrogen and oxygen atoms in total. The Morgan fingerprint density at radius 1 is 1.04 bits per heavy atom. The third-order valence-corrected chi connectivity index (χ3v) is 4.22. The zero-order valence-corrected chi connectivity index (χ0v) is 14.1. The van der Waals surface area contributed by atoms with Gasteiger partial charge in [0.25, 0.3) is 5.91 Å². The van der Waals surface area contributed by atoms with E-state index < -0.39 is 0 Å². The van der Waals surface area contributed by atoms with E-state index in [9.17, 15) is 4.79 Å². The summed E-state index contributed by atoms with van der Waals surface area (Å²) in [4.78, 5) is 24.8. The predicted octanol–water partition coefficient (Wildman–Crippen LogP) is 1.82. The molecule has 6 heteroatoms. The summed E-state index contributed by atoms with van der Waals surface area (Å²) in [6.45, 7) is 6.85. The fourth-order valence-corrected chi connectivity index (χ4v) is 2.86. The number of nitrogens with zero attached hydrogens (tertiary/aromatic N) is 4. The molecule has 0 unspecified atom stereocenters. The highest BCUT2D eigenvalue weighted by Crippen LogP contribution is 2.22. The lowest BCUT2D eigenvalue weighted by molar-refractivity contribution is -0.133. The van der Waals surface area contributed by atoms with E-state index >= 15 is 0 Å². The minimum atomic E-state index is 0.0197. The molecule has 0 aliphatic carbocycles. The summed E-state index contributed by atoms with van der Waals surface area (Å²) >= 11 is 0. The molecule has 1 aliphatic heterocycles. The fourth-order valence-electron chi connectivity index (χ4n) is 2.86. The Balaban J connectivity index is 1.52. The first-order valence-electron chi connectivity index (χ1n) is 8.14. The molecule has 0 bridgehead atoms. The minimum absolute atomic E-state index is 0.0197. The van der Waals surface area contributed by atoms with E-state index in [0.29, 0.717) is 13.1 Å². The Morgan fingerprint density at radius 3 is 2.29 bits per heavy atom. The van der Waals surface area contributed by atoms with E-state index in [0.717, 1.165) is 35.9 Å². The van der Waals surface area contributed by atoms with Crippen LogP contribution in [-0.2, 0) is 4.79 Å². The molecule has 1 aliphatic rings. The van der Waals surface area contributed by atoms with Crippen LogP contribution < -0.4 is 9.64 Å². The van der Waals surface area contributed by atoms with E-state index in [1.54, 1.807) is 18.5 Å². The molecule has 0 radical (unpaired) electrons. The van der Waals surface area contributed by atoms with Gasteiger partial charge in [0.05, 0.1) is 0 Å². The van der Waals surface area contributed by atoms with Gasteiger partial charge in [-0.1, -0.05) is 18.2 Å². The number of amides is 1. The van der Waals surface area contributed by atoms with E-state index in [2.05, 4.69) is 14.9 Å².